The zero-order valence-corrected chi connectivity index (χ0v) is 13.3. The van der Waals surface area contributed by atoms with Gasteiger partial charge in [-0.25, -0.2) is 8.42 Å². The Morgan fingerprint density at radius 3 is 2.48 bits per heavy atom. The molecule has 0 aliphatic carbocycles. The minimum Gasteiger partial charge on any atom is -0.550 e. The Kier molecular flexibility index (Phi) is 5.23. The average molecular weight is 334 g/mol. The van der Waals surface area contributed by atoms with Crippen molar-refractivity contribution in [3.8, 4) is 5.75 Å². The summed E-state index contributed by atoms with van der Waals surface area (Å²) in [6.07, 6.45) is 0.195. The van der Waals surface area contributed by atoms with Gasteiger partial charge in [-0.05, 0) is 42.7 Å². The fraction of sp³-hybridized carbons (Fsp3) is 0.188. The van der Waals surface area contributed by atoms with Gasteiger partial charge in [-0.15, -0.1) is 0 Å². The van der Waals surface area contributed by atoms with E-state index in [4.69, 9.17) is 4.74 Å². The third-order valence-corrected chi connectivity index (χ3v) is 4.57. The summed E-state index contributed by atoms with van der Waals surface area (Å²) in [6, 6.07) is 12.6. The molecule has 0 saturated heterocycles. The van der Waals surface area contributed by atoms with E-state index < -0.39 is 16.0 Å². The van der Waals surface area contributed by atoms with Crippen molar-refractivity contribution in [3.63, 3.8) is 0 Å². The summed E-state index contributed by atoms with van der Waals surface area (Å²) < 4.78 is 32.2. The van der Waals surface area contributed by atoms with Gasteiger partial charge in [-0.2, -0.15) is 0 Å². The number of aryl methyl sites for hydroxylation is 1. The molecule has 6 nitrogen and oxygen atoms in total. The minimum absolute atomic E-state index is 0.0949. The molecular formula is C16H16NO5S-. The quantitative estimate of drug-likeness (QED) is 0.820. The van der Waals surface area contributed by atoms with Gasteiger partial charge < -0.3 is 14.6 Å². The molecule has 1 N–H and O–H groups in total. The molecular weight excluding hydrogens is 318 g/mol. The zero-order chi connectivity index (χ0) is 16.9. The number of ether oxygens (including phenoxy) is 1. The SMILES string of the molecule is COc1cccc(NS(=O)(=O)c2ccc(CCC(=O)[O-])cc2)c1. The normalized spacial score (nSPS) is 11.0. The minimum atomic E-state index is -3.72. The van der Waals surface area contributed by atoms with Crippen molar-refractivity contribution in [1.82, 2.24) is 0 Å². The molecule has 2 aromatic carbocycles. The summed E-state index contributed by atoms with van der Waals surface area (Å²) in [5, 5.41) is 10.4. The number of carbonyl (C=O) groups is 1. The highest BCUT2D eigenvalue weighted by Gasteiger charge is 2.14. The lowest BCUT2D eigenvalue weighted by atomic mass is 10.1. The molecule has 0 saturated carbocycles. The molecule has 0 fully saturated rings. The van der Waals surface area contributed by atoms with Crippen molar-refractivity contribution < 1.29 is 23.1 Å². The van der Waals surface area contributed by atoms with E-state index in [1.807, 2.05) is 0 Å². The summed E-state index contributed by atoms with van der Waals surface area (Å²) in [6.45, 7) is 0. The maximum atomic E-state index is 12.3. The van der Waals surface area contributed by atoms with Crippen LogP contribution in [0.25, 0.3) is 0 Å². The molecule has 2 aromatic rings. The Labute approximate surface area is 134 Å². The highest BCUT2D eigenvalue weighted by atomic mass is 32.2. The van der Waals surface area contributed by atoms with E-state index in [0.29, 0.717) is 17.9 Å². The van der Waals surface area contributed by atoms with Crippen molar-refractivity contribution in [2.45, 2.75) is 17.7 Å². The molecule has 0 radical (unpaired) electrons. The van der Waals surface area contributed by atoms with Crippen LogP contribution in [0.2, 0.25) is 0 Å². The number of anilines is 1. The maximum absolute atomic E-state index is 12.3. The van der Waals surface area contributed by atoms with E-state index >= 15 is 0 Å². The Morgan fingerprint density at radius 2 is 1.87 bits per heavy atom. The fourth-order valence-electron chi connectivity index (χ4n) is 1.98. The first-order valence-corrected chi connectivity index (χ1v) is 8.35. The van der Waals surface area contributed by atoms with Crippen molar-refractivity contribution in [3.05, 3.63) is 54.1 Å². The molecule has 0 heterocycles. The molecule has 23 heavy (non-hydrogen) atoms. The Balaban J connectivity index is 2.14. The average Bonchev–Trinajstić information content (AvgIpc) is 2.53. The highest BCUT2D eigenvalue weighted by molar-refractivity contribution is 7.92. The third kappa shape index (κ3) is 4.72. The number of benzene rings is 2. The molecule has 0 bridgehead atoms. The lowest BCUT2D eigenvalue weighted by Gasteiger charge is -2.10. The molecule has 0 aromatic heterocycles. The first kappa shape index (κ1) is 16.8. The third-order valence-electron chi connectivity index (χ3n) is 3.17. The molecule has 2 rings (SSSR count). The fourth-order valence-corrected chi connectivity index (χ4v) is 3.03. The van der Waals surface area contributed by atoms with E-state index in [1.165, 1.54) is 19.2 Å². The van der Waals surface area contributed by atoms with E-state index in [-0.39, 0.29) is 11.3 Å². The summed E-state index contributed by atoms with van der Waals surface area (Å²) >= 11 is 0. The summed E-state index contributed by atoms with van der Waals surface area (Å²) in [4.78, 5) is 10.5. The van der Waals surface area contributed by atoms with E-state index in [1.54, 1.807) is 36.4 Å². The molecule has 0 aliphatic heterocycles. The van der Waals surface area contributed by atoms with Crippen LogP contribution in [-0.2, 0) is 21.2 Å². The second-order valence-corrected chi connectivity index (χ2v) is 6.54. The monoisotopic (exact) mass is 334 g/mol. The number of sulfonamides is 1. The van der Waals surface area contributed by atoms with Crippen molar-refractivity contribution >= 4 is 21.7 Å². The molecule has 0 unspecified atom stereocenters. The molecule has 0 aliphatic rings. The van der Waals surface area contributed by atoms with Crippen LogP contribution in [0.5, 0.6) is 5.75 Å². The van der Waals surface area contributed by atoms with Gasteiger partial charge in [-0.3, -0.25) is 4.72 Å². The number of hydrogen-bond donors (Lipinski definition) is 1. The number of carbonyl (C=O) groups excluding carboxylic acids is 1. The van der Waals surface area contributed by atoms with E-state index in [0.717, 1.165) is 5.56 Å². The van der Waals surface area contributed by atoms with Gasteiger partial charge in [0.15, 0.2) is 0 Å². The molecule has 122 valence electrons. The van der Waals surface area contributed by atoms with Gasteiger partial charge in [-0.1, -0.05) is 18.2 Å². The van der Waals surface area contributed by atoms with Crippen molar-refractivity contribution in [2.24, 2.45) is 0 Å². The van der Waals surface area contributed by atoms with Gasteiger partial charge in [0.1, 0.15) is 5.75 Å². The van der Waals surface area contributed by atoms with Gasteiger partial charge in [0, 0.05) is 12.0 Å². The second kappa shape index (κ2) is 7.15. The van der Waals surface area contributed by atoms with Gasteiger partial charge in [0.05, 0.1) is 17.7 Å². The van der Waals surface area contributed by atoms with Crippen molar-refractivity contribution in [1.29, 1.82) is 0 Å². The van der Waals surface area contributed by atoms with E-state index in [2.05, 4.69) is 4.72 Å². The first-order chi connectivity index (χ1) is 10.9. The Bertz CT molecular complexity index is 784. The molecule has 0 amide bonds. The summed E-state index contributed by atoms with van der Waals surface area (Å²) in [5.41, 5.74) is 1.12. The number of rotatable bonds is 7. The van der Waals surface area contributed by atoms with Gasteiger partial charge >= 0.3 is 0 Å². The van der Waals surface area contributed by atoms with Crippen LogP contribution in [0.3, 0.4) is 0 Å². The predicted octanol–water partition coefficient (Wildman–Crippen LogP) is 1.18. The van der Waals surface area contributed by atoms with Crippen LogP contribution in [0, 0.1) is 0 Å². The predicted molar refractivity (Wildman–Crippen MR) is 83.6 cm³/mol. The standard InChI is InChI=1S/C16H17NO5S/c1-22-14-4-2-3-13(11-14)17-23(20,21)15-8-5-12(6-9-15)7-10-16(18)19/h2-6,8-9,11,17H,7,10H2,1H3,(H,18,19)/p-1. The van der Waals surface area contributed by atoms with Crippen molar-refractivity contribution in [2.75, 3.05) is 11.8 Å². The number of nitrogens with one attached hydrogen (secondary N) is 1. The molecule has 0 atom stereocenters. The van der Waals surface area contributed by atoms with Gasteiger partial charge in [0.25, 0.3) is 10.0 Å². The lowest BCUT2D eigenvalue weighted by Crippen LogP contribution is -2.22. The second-order valence-electron chi connectivity index (χ2n) is 4.85. The smallest absolute Gasteiger partial charge is 0.261 e. The van der Waals surface area contributed by atoms with Gasteiger partial charge in [0.2, 0.25) is 0 Å². The van der Waals surface area contributed by atoms with Crippen LogP contribution in [-0.4, -0.2) is 21.5 Å². The number of carboxylic acid groups (broad SMARTS) is 1. The maximum Gasteiger partial charge on any atom is 0.261 e. The van der Waals surface area contributed by atoms with Crippen LogP contribution in [0.4, 0.5) is 5.69 Å². The largest absolute Gasteiger partial charge is 0.550 e. The van der Waals surface area contributed by atoms with Crippen LogP contribution in [0.15, 0.2) is 53.4 Å². The number of carboxylic acids is 1. The summed E-state index contributed by atoms with van der Waals surface area (Å²) in [5.74, 6) is -0.593. The molecule has 0 spiro atoms. The molecule has 7 heteroatoms. The van der Waals surface area contributed by atoms with E-state index in [9.17, 15) is 18.3 Å². The Morgan fingerprint density at radius 1 is 1.17 bits per heavy atom. The topological polar surface area (TPSA) is 95.5 Å². The van der Waals surface area contributed by atoms with Crippen LogP contribution >= 0.6 is 0 Å². The number of aliphatic carboxylic acids is 1. The number of methoxy groups -OCH3 is 1. The highest BCUT2D eigenvalue weighted by Crippen LogP contribution is 2.21. The first-order valence-electron chi connectivity index (χ1n) is 6.86. The van der Waals surface area contributed by atoms with Crippen LogP contribution < -0.4 is 14.6 Å². The Hall–Kier alpha value is -2.54. The summed E-state index contributed by atoms with van der Waals surface area (Å²) in [7, 11) is -2.22. The van der Waals surface area contributed by atoms with Crippen LogP contribution in [0.1, 0.15) is 12.0 Å². The zero-order valence-electron chi connectivity index (χ0n) is 12.5. The lowest BCUT2D eigenvalue weighted by molar-refractivity contribution is -0.305. The number of hydrogen-bond acceptors (Lipinski definition) is 5.